The van der Waals surface area contributed by atoms with Gasteiger partial charge in [-0.25, -0.2) is 4.79 Å². The Hall–Kier alpha value is -1.52. The fourth-order valence-electron chi connectivity index (χ4n) is 0.668. The van der Waals surface area contributed by atoms with E-state index in [-0.39, 0.29) is 11.8 Å². The van der Waals surface area contributed by atoms with Crippen LogP contribution in [0.15, 0.2) is 12.0 Å². The first-order valence-electron chi connectivity index (χ1n) is 3.57. The Labute approximate surface area is 69.8 Å². The molecule has 0 aromatic heterocycles. The molecule has 2 N–H and O–H groups in total. The van der Waals surface area contributed by atoms with Gasteiger partial charge in [0.2, 0.25) is 0 Å². The van der Waals surface area contributed by atoms with Gasteiger partial charge in [0, 0.05) is 0 Å². The Kier molecular flexibility index (Phi) is 2.32. The summed E-state index contributed by atoms with van der Waals surface area (Å²) in [5.41, 5.74) is 0.147. The quantitative estimate of drug-likeness (QED) is 0.350. The Morgan fingerprint density at radius 1 is 1.33 bits per heavy atom. The van der Waals surface area contributed by atoms with E-state index < -0.39 is 11.9 Å². The van der Waals surface area contributed by atoms with Crippen LogP contribution in [0.4, 0.5) is 4.79 Å². The molecule has 0 atom stereocenters. The van der Waals surface area contributed by atoms with Crippen molar-refractivity contribution in [2.24, 2.45) is 0 Å². The molecule has 0 radical (unpaired) electrons. The standard InChI is InChI=1S/C7H10N2O3/c1-4(2)12-3-5-6(10)9-7(11)8-5/h3-4H,1-2H3,(H2,8,9,10,11)/b5-3+. The van der Waals surface area contributed by atoms with E-state index >= 15 is 0 Å². The summed E-state index contributed by atoms with van der Waals surface area (Å²) >= 11 is 0. The molecular weight excluding hydrogens is 160 g/mol. The largest absolute Gasteiger partial charge is 0.496 e. The Bertz CT molecular complexity index is 245. The lowest BCUT2D eigenvalue weighted by Crippen LogP contribution is -2.22. The van der Waals surface area contributed by atoms with Gasteiger partial charge in [0.25, 0.3) is 5.91 Å². The van der Waals surface area contributed by atoms with Gasteiger partial charge in [-0.05, 0) is 13.8 Å². The van der Waals surface area contributed by atoms with E-state index in [2.05, 4.69) is 10.6 Å². The smallest absolute Gasteiger partial charge is 0.326 e. The molecule has 1 saturated heterocycles. The van der Waals surface area contributed by atoms with E-state index in [1.165, 1.54) is 6.26 Å². The van der Waals surface area contributed by atoms with Crippen molar-refractivity contribution in [3.8, 4) is 0 Å². The summed E-state index contributed by atoms with van der Waals surface area (Å²) in [5, 5.41) is 4.35. The maximum Gasteiger partial charge on any atom is 0.326 e. The first-order chi connectivity index (χ1) is 5.59. The number of hydrogen-bond donors (Lipinski definition) is 2. The highest BCUT2D eigenvalue weighted by molar-refractivity contribution is 6.11. The van der Waals surface area contributed by atoms with Crippen LogP contribution in [0, 0.1) is 0 Å². The summed E-state index contributed by atoms with van der Waals surface area (Å²) in [6.45, 7) is 3.65. The molecule has 5 nitrogen and oxygen atoms in total. The van der Waals surface area contributed by atoms with Gasteiger partial charge in [-0.15, -0.1) is 0 Å². The van der Waals surface area contributed by atoms with Crippen LogP contribution in [0.5, 0.6) is 0 Å². The normalized spacial score (nSPS) is 19.8. The van der Waals surface area contributed by atoms with E-state index in [1.807, 2.05) is 13.8 Å². The van der Waals surface area contributed by atoms with Crippen molar-refractivity contribution in [2.45, 2.75) is 20.0 Å². The van der Waals surface area contributed by atoms with Crippen LogP contribution >= 0.6 is 0 Å². The Balaban J connectivity index is 2.57. The SMILES string of the molecule is CC(C)O/C=C1/NC(=O)NC1=O. The number of carbonyl (C=O) groups is 2. The number of urea groups is 1. The third-order valence-corrected chi connectivity index (χ3v) is 1.18. The van der Waals surface area contributed by atoms with Gasteiger partial charge in [0.15, 0.2) is 0 Å². The van der Waals surface area contributed by atoms with Gasteiger partial charge < -0.3 is 10.1 Å². The summed E-state index contributed by atoms with van der Waals surface area (Å²) < 4.78 is 5.01. The van der Waals surface area contributed by atoms with Gasteiger partial charge >= 0.3 is 6.03 Å². The molecule has 0 bridgehead atoms. The highest BCUT2D eigenvalue weighted by Gasteiger charge is 2.23. The minimum Gasteiger partial charge on any atom is -0.496 e. The first kappa shape index (κ1) is 8.58. The number of amides is 3. The highest BCUT2D eigenvalue weighted by atomic mass is 16.5. The van der Waals surface area contributed by atoms with Crippen molar-refractivity contribution in [1.29, 1.82) is 0 Å². The molecule has 12 heavy (non-hydrogen) atoms. The van der Waals surface area contributed by atoms with Crippen molar-refractivity contribution in [3.05, 3.63) is 12.0 Å². The number of carbonyl (C=O) groups excluding carboxylic acids is 2. The number of hydrogen-bond acceptors (Lipinski definition) is 3. The average molecular weight is 170 g/mol. The average Bonchev–Trinajstić information content (AvgIpc) is 2.26. The van der Waals surface area contributed by atoms with Crippen LogP contribution in [0.2, 0.25) is 0 Å². The molecule has 5 heteroatoms. The van der Waals surface area contributed by atoms with Gasteiger partial charge in [-0.1, -0.05) is 0 Å². The summed E-state index contributed by atoms with van der Waals surface area (Å²) in [6, 6.07) is -0.515. The Morgan fingerprint density at radius 3 is 2.42 bits per heavy atom. The zero-order valence-corrected chi connectivity index (χ0v) is 6.88. The van der Waals surface area contributed by atoms with E-state index in [0.717, 1.165) is 0 Å². The van der Waals surface area contributed by atoms with Gasteiger partial charge in [-0.3, -0.25) is 10.1 Å². The van der Waals surface area contributed by atoms with Crippen LogP contribution in [0.25, 0.3) is 0 Å². The van der Waals surface area contributed by atoms with Crippen LogP contribution in [0.1, 0.15) is 13.8 Å². The fraction of sp³-hybridized carbons (Fsp3) is 0.429. The predicted molar refractivity (Wildman–Crippen MR) is 41.0 cm³/mol. The molecule has 1 aliphatic rings. The second-order valence-corrected chi connectivity index (χ2v) is 2.62. The van der Waals surface area contributed by atoms with Gasteiger partial charge in [-0.2, -0.15) is 0 Å². The minimum atomic E-state index is -0.515. The molecule has 0 saturated carbocycles. The maximum absolute atomic E-state index is 10.9. The van der Waals surface area contributed by atoms with E-state index in [1.54, 1.807) is 0 Å². The number of rotatable bonds is 2. The van der Waals surface area contributed by atoms with E-state index in [9.17, 15) is 9.59 Å². The summed E-state index contributed by atoms with van der Waals surface area (Å²) in [5.74, 6) is -0.458. The van der Waals surface area contributed by atoms with Crippen molar-refractivity contribution in [2.75, 3.05) is 0 Å². The van der Waals surface area contributed by atoms with E-state index in [0.29, 0.717) is 0 Å². The third-order valence-electron chi connectivity index (χ3n) is 1.18. The molecule has 0 unspecified atom stereocenters. The van der Waals surface area contributed by atoms with Crippen LogP contribution in [0.3, 0.4) is 0 Å². The zero-order valence-electron chi connectivity index (χ0n) is 6.88. The van der Waals surface area contributed by atoms with Gasteiger partial charge in [0.1, 0.15) is 12.0 Å². The molecule has 1 heterocycles. The number of imide groups is 1. The Morgan fingerprint density at radius 2 is 2.00 bits per heavy atom. The van der Waals surface area contributed by atoms with Crippen molar-refractivity contribution >= 4 is 11.9 Å². The highest BCUT2D eigenvalue weighted by Crippen LogP contribution is 1.99. The zero-order chi connectivity index (χ0) is 9.14. The molecule has 3 amide bonds. The van der Waals surface area contributed by atoms with Crippen molar-refractivity contribution in [1.82, 2.24) is 10.6 Å². The lowest BCUT2D eigenvalue weighted by molar-refractivity contribution is -0.115. The fourth-order valence-corrected chi connectivity index (χ4v) is 0.668. The molecular formula is C7H10N2O3. The second-order valence-electron chi connectivity index (χ2n) is 2.62. The molecule has 0 spiro atoms. The third kappa shape index (κ3) is 1.98. The van der Waals surface area contributed by atoms with Crippen molar-refractivity contribution < 1.29 is 14.3 Å². The van der Waals surface area contributed by atoms with Crippen molar-refractivity contribution in [3.63, 3.8) is 0 Å². The van der Waals surface area contributed by atoms with Crippen LogP contribution in [-0.2, 0) is 9.53 Å². The molecule has 0 aromatic rings. The topological polar surface area (TPSA) is 67.4 Å². The summed E-state index contributed by atoms with van der Waals surface area (Å²) in [6.07, 6.45) is 1.23. The first-order valence-corrected chi connectivity index (χ1v) is 3.57. The number of ether oxygens (including phenoxy) is 1. The van der Waals surface area contributed by atoms with Crippen LogP contribution in [-0.4, -0.2) is 18.0 Å². The molecule has 66 valence electrons. The lowest BCUT2D eigenvalue weighted by Gasteiger charge is -2.03. The molecule has 1 aliphatic heterocycles. The summed E-state index contributed by atoms with van der Waals surface area (Å²) in [7, 11) is 0. The monoisotopic (exact) mass is 170 g/mol. The van der Waals surface area contributed by atoms with Crippen LogP contribution < -0.4 is 10.6 Å². The van der Waals surface area contributed by atoms with Gasteiger partial charge in [0.05, 0.1) is 6.10 Å². The second kappa shape index (κ2) is 3.25. The molecule has 0 aromatic carbocycles. The number of nitrogens with one attached hydrogen (secondary N) is 2. The molecule has 1 rings (SSSR count). The predicted octanol–water partition coefficient (Wildman–Crippen LogP) is 0.0922. The molecule has 0 aliphatic carbocycles. The summed E-state index contributed by atoms with van der Waals surface area (Å²) in [4.78, 5) is 21.4. The maximum atomic E-state index is 10.9. The lowest BCUT2D eigenvalue weighted by atomic mass is 10.4. The minimum absolute atomic E-state index is 0.0113. The molecule has 1 fully saturated rings. The van der Waals surface area contributed by atoms with E-state index in [4.69, 9.17) is 4.74 Å².